The van der Waals surface area contributed by atoms with Crippen LogP contribution in [0.3, 0.4) is 0 Å². The molecule has 0 bridgehead atoms. The third-order valence-corrected chi connectivity index (χ3v) is 8.22. The summed E-state index contributed by atoms with van der Waals surface area (Å²) in [6.07, 6.45) is 0. The number of nitro benzene ring substituents is 1. The van der Waals surface area contributed by atoms with Crippen molar-refractivity contribution in [3.63, 3.8) is 0 Å². The van der Waals surface area contributed by atoms with Crippen molar-refractivity contribution in [2.24, 2.45) is 0 Å². The van der Waals surface area contributed by atoms with E-state index in [-0.39, 0.29) is 22.3 Å². The number of carbonyl (C=O) groups is 2. The maximum atomic E-state index is 13.2. The monoisotopic (exact) mass is 614 g/mol. The van der Waals surface area contributed by atoms with Crippen molar-refractivity contribution < 1.29 is 19.2 Å². The van der Waals surface area contributed by atoms with E-state index in [1.54, 1.807) is 18.2 Å². The predicted molar refractivity (Wildman–Crippen MR) is 164 cm³/mol. The van der Waals surface area contributed by atoms with Crippen LogP contribution < -0.4 is 20.4 Å². The number of thiocarbonyl (C=S) groups is 1. The van der Waals surface area contributed by atoms with E-state index in [4.69, 9.17) is 28.6 Å². The number of benzene rings is 2. The standard InChI is InChI=1S/C27H27ClN6O5S2/c28-21-16-18(3-5-23(21)31-7-9-33(10-8-31)26(36)24-2-1-15-41-24)29-27(40)30-25(35)20-17-19(34(37)38)4-6-22(20)32-11-13-39-14-12-32/h1-6,15-17H,7-14H2,(H2,29,30,35,40). The Bertz CT molecular complexity index is 1460. The molecule has 5 rings (SSSR count). The Morgan fingerprint density at radius 1 is 0.976 bits per heavy atom. The minimum absolute atomic E-state index is 0.0268. The van der Waals surface area contributed by atoms with Crippen LogP contribution >= 0.6 is 35.2 Å². The van der Waals surface area contributed by atoms with Crippen LogP contribution in [0.5, 0.6) is 0 Å². The molecule has 0 aliphatic carbocycles. The first-order chi connectivity index (χ1) is 19.8. The molecule has 2 aliphatic rings. The number of hydrogen-bond acceptors (Lipinski definition) is 9. The lowest BCUT2D eigenvalue weighted by Gasteiger charge is -2.36. The van der Waals surface area contributed by atoms with Gasteiger partial charge in [-0.1, -0.05) is 17.7 Å². The number of ether oxygens (including phenoxy) is 1. The Balaban J connectivity index is 1.21. The molecule has 2 saturated heterocycles. The summed E-state index contributed by atoms with van der Waals surface area (Å²) in [6, 6.07) is 13.3. The topological polar surface area (TPSA) is 120 Å². The van der Waals surface area contributed by atoms with Gasteiger partial charge in [0.15, 0.2) is 5.11 Å². The third-order valence-electron chi connectivity index (χ3n) is 6.86. The average Bonchev–Trinajstić information content (AvgIpc) is 3.52. The molecule has 2 fully saturated rings. The number of halogens is 1. The van der Waals surface area contributed by atoms with E-state index in [9.17, 15) is 19.7 Å². The van der Waals surface area contributed by atoms with E-state index < -0.39 is 10.8 Å². The van der Waals surface area contributed by atoms with Crippen molar-refractivity contribution in [3.05, 3.63) is 79.5 Å². The predicted octanol–water partition coefficient (Wildman–Crippen LogP) is 4.24. The molecule has 14 heteroatoms. The van der Waals surface area contributed by atoms with E-state index in [1.807, 2.05) is 33.4 Å². The van der Waals surface area contributed by atoms with Crippen molar-refractivity contribution in [2.45, 2.75) is 0 Å². The van der Waals surface area contributed by atoms with Gasteiger partial charge in [-0.2, -0.15) is 0 Å². The second-order valence-corrected chi connectivity index (χ2v) is 11.2. The molecule has 0 atom stereocenters. The number of rotatable bonds is 6. The van der Waals surface area contributed by atoms with Crippen LogP contribution in [0.2, 0.25) is 5.02 Å². The van der Waals surface area contributed by atoms with Crippen molar-refractivity contribution >= 4 is 74.8 Å². The number of nitro groups is 1. The molecule has 0 saturated carbocycles. The molecular weight excluding hydrogens is 588 g/mol. The number of amides is 2. The van der Waals surface area contributed by atoms with E-state index in [0.29, 0.717) is 68.9 Å². The zero-order chi connectivity index (χ0) is 28.9. The maximum absolute atomic E-state index is 13.2. The SMILES string of the molecule is O=C(NC(=S)Nc1ccc(N2CCN(C(=O)c3cccs3)CC2)c(Cl)c1)c1cc([N+](=O)[O-])ccc1N1CCOCC1. The van der Waals surface area contributed by atoms with Gasteiger partial charge < -0.3 is 24.8 Å². The highest BCUT2D eigenvalue weighted by molar-refractivity contribution is 7.80. The molecule has 2 aliphatic heterocycles. The van der Waals surface area contributed by atoms with Crippen molar-refractivity contribution in [1.29, 1.82) is 0 Å². The van der Waals surface area contributed by atoms with Gasteiger partial charge in [0.1, 0.15) is 0 Å². The van der Waals surface area contributed by atoms with Crippen LogP contribution in [-0.2, 0) is 4.74 Å². The van der Waals surface area contributed by atoms with E-state index in [2.05, 4.69) is 15.5 Å². The lowest BCUT2D eigenvalue weighted by Crippen LogP contribution is -2.48. The number of anilines is 3. The minimum Gasteiger partial charge on any atom is -0.378 e. The molecular formula is C27H27ClN6O5S2. The molecule has 0 unspecified atom stereocenters. The number of non-ortho nitro benzene ring substituents is 1. The molecule has 11 nitrogen and oxygen atoms in total. The summed E-state index contributed by atoms with van der Waals surface area (Å²) >= 11 is 13.4. The molecule has 3 heterocycles. The molecule has 2 aromatic carbocycles. The zero-order valence-electron chi connectivity index (χ0n) is 21.9. The molecule has 1 aromatic heterocycles. The molecule has 214 valence electrons. The average molecular weight is 615 g/mol. The maximum Gasteiger partial charge on any atom is 0.270 e. The third kappa shape index (κ3) is 6.76. The lowest BCUT2D eigenvalue weighted by molar-refractivity contribution is -0.384. The fourth-order valence-corrected chi connectivity index (χ4v) is 5.98. The molecule has 0 radical (unpaired) electrons. The largest absolute Gasteiger partial charge is 0.378 e. The second-order valence-electron chi connectivity index (χ2n) is 9.39. The van der Waals surface area contributed by atoms with Gasteiger partial charge in [-0.3, -0.25) is 25.0 Å². The first-order valence-electron chi connectivity index (χ1n) is 12.9. The van der Waals surface area contributed by atoms with Crippen LogP contribution in [0.15, 0.2) is 53.9 Å². The van der Waals surface area contributed by atoms with Gasteiger partial charge in [0.25, 0.3) is 17.5 Å². The summed E-state index contributed by atoms with van der Waals surface area (Å²) in [7, 11) is 0. The first kappa shape index (κ1) is 28.7. The van der Waals surface area contributed by atoms with Crippen LogP contribution in [0, 0.1) is 10.1 Å². The first-order valence-corrected chi connectivity index (χ1v) is 14.6. The normalized spacial score (nSPS) is 15.4. The Morgan fingerprint density at radius 2 is 1.68 bits per heavy atom. The van der Waals surface area contributed by atoms with Crippen LogP contribution in [-0.4, -0.2) is 79.2 Å². The van der Waals surface area contributed by atoms with Crippen LogP contribution in [0.25, 0.3) is 0 Å². The molecule has 3 aromatic rings. The summed E-state index contributed by atoms with van der Waals surface area (Å²) in [5.41, 5.74) is 1.94. The van der Waals surface area contributed by atoms with Crippen LogP contribution in [0.4, 0.5) is 22.7 Å². The Labute approximate surface area is 250 Å². The number of nitrogens with one attached hydrogen (secondary N) is 2. The van der Waals surface area contributed by atoms with E-state index in [0.717, 1.165) is 10.6 Å². The van der Waals surface area contributed by atoms with Gasteiger partial charge >= 0.3 is 0 Å². The quantitative estimate of drug-likeness (QED) is 0.239. The zero-order valence-corrected chi connectivity index (χ0v) is 24.3. The second kappa shape index (κ2) is 12.8. The van der Waals surface area contributed by atoms with Gasteiger partial charge in [0.2, 0.25) is 0 Å². The molecule has 41 heavy (non-hydrogen) atoms. The highest BCUT2D eigenvalue weighted by atomic mass is 35.5. The number of thiophene rings is 1. The minimum atomic E-state index is -0.564. The van der Waals surface area contributed by atoms with Crippen LogP contribution in [0.1, 0.15) is 20.0 Å². The van der Waals surface area contributed by atoms with Crippen molar-refractivity contribution in [1.82, 2.24) is 10.2 Å². The van der Waals surface area contributed by atoms with Crippen molar-refractivity contribution in [3.8, 4) is 0 Å². The molecule has 2 N–H and O–H groups in total. The summed E-state index contributed by atoms with van der Waals surface area (Å²) in [5.74, 6) is -0.520. The van der Waals surface area contributed by atoms with Gasteiger partial charge in [0, 0.05) is 57.1 Å². The van der Waals surface area contributed by atoms with Gasteiger partial charge in [-0.15, -0.1) is 11.3 Å². The highest BCUT2D eigenvalue weighted by Crippen LogP contribution is 2.30. The summed E-state index contributed by atoms with van der Waals surface area (Å²) in [6.45, 7) is 4.59. The Kier molecular flexibility index (Phi) is 8.98. The van der Waals surface area contributed by atoms with Gasteiger partial charge in [-0.25, -0.2) is 0 Å². The fourth-order valence-electron chi connectivity index (χ4n) is 4.78. The number of carbonyl (C=O) groups excluding carboxylic acids is 2. The summed E-state index contributed by atoms with van der Waals surface area (Å²) in [5, 5.41) is 19.4. The number of piperazine rings is 1. The van der Waals surface area contributed by atoms with Gasteiger partial charge in [-0.05, 0) is 47.9 Å². The van der Waals surface area contributed by atoms with E-state index >= 15 is 0 Å². The Morgan fingerprint density at radius 3 is 2.34 bits per heavy atom. The Hall–Kier alpha value is -3.78. The van der Waals surface area contributed by atoms with Crippen molar-refractivity contribution in [2.75, 3.05) is 67.6 Å². The number of nitrogens with zero attached hydrogens (tertiary/aromatic N) is 4. The number of hydrogen-bond donors (Lipinski definition) is 2. The molecule has 0 spiro atoms. The smallest absolute Gasteiger partial charge is 0.270 e. The summed E-state index contributed by atoms with van der Waals surface area (Å²) < 4.78 is 5.39. The van der Waals surface area contributed by atoms with Gasteiger partial charge in [0.05, 0.1) is 45.0 Å². The fraction of sp³-hybridized carbons (Fsp3) is 0.296. The highest BCUT2D eigenvalue weighted by Gasteiger charge is 2.25. The summed E-state index contributed by atoms with van der Waals surface area (Å²) in [4.78, 5) is 43.3. The lowest BCUT2D eigenvalue weighted by atomic mass is 10.1. The molecule has 2 amide bonds. The number of morpholine rings is 1. The van der Waals surface area contributed by atoms with E-state index in [1.165, 1.54) is 23.5 Å².